The number of benzene rings is 2. The fourth-order valence-electron chi connectivity index (χ4n) is 6.41. The van der Waals surface area contributed by atoms with Crippen LogP contribution in [0.1, 0.15) is 62.1 Å². The standard InChI is InChI=1S/C33H33N5O3/c1-40-33(39)24-13-12-23(16-24)27-18-37(31-30(27)32(35-20-34-31)41-19-22-8-4-2-5-9-22)26-14-15-29-28(17-26)36-21-38(29)25-10-6-3-7-11-25/h2,4-5,8-9,12,14-15,17-18,20-21,24-25H,3,6-7,10-11,13,16,19H2,1H3. The first kappa shape index (κ1) is 25.5. The topological polar surface area (TPSA) is 84.1 Å². The fourth-order valence-corrected chi connectivity index (χ4v) is 6.41. The normalized spacial score (nSPS) is 17.7. The van der Waals surface area contributed by atoms with E-state index in [0.717, 1.165) is 38.9 Å². The maximum atomic E-state index is 12.3. The Bertz CT molecular complexity index is 1750. The average molecular weight is 548 g/mol. The van der Waals surface area contributed by atoms with E-state index in [1.807, 2.05) is 36.7 Å². The van der Waals surface area contributed by atoms with Crippen LogP contribution in [-0.2, 0) is 16.1 Å². The third-order valence-electron chi connectivity index (χ3n) is 8.57. The van der Waals surface area contributed by atoms with Crippen LogP contribution in [0.25, 0.3) is 33.3 Å². The van der Waals surface area contributed by atoms with Gasteiger partial charge in [-0.05, 0) is 55.0 Å². The lowest BCUT2D eigenvalue weighted by Gasteiger charge is -2.23. The number of esters is 1. The molecule has 7 rings (SSSR count). The number of carbonyl (C=O) groups excluding carboxylic acids is 1. The van der Waals surface area contributed by atoms with E-state index in [9.17, 15) is 4.79 Å². The molecule has 0 aliphatic heterocycles. The van der Waals surface area contributed by atoms with Crippen LogP contribution < -0.4 is 4.74 Å². The van der Waals surface area contributed by atoms with Crippen LogP contribution >= 0.6 is 0 Å². The van der Waals surface area contributed by atoms with Crippen molar-refractivity contribution in [2.45, 2.75) is 57.6 Å². The van der Waals surface area contributed by atoms with Gasteiger partial charge in [-0.15, -0.1) is 0 Å². The molecule has 0 amide bonds. The molecule has 2 aromatic carbocycles. The predicted octanol–water partition coefficient (Wildman–Crippen LogP) is 6.82. The quantitative estimate of drug-likeness (QED) is 0.208. The van der Waals surface area contributed by atoms with Crippen LogP contribution in [-0.4, -0.2) is 37.2 Å². The zero-order valence-electron chi connectivity index (χ0n) is 23.2. The van der Waals surface area contributed by atoms with Gasteiger partial charge in [0.05, 0.1) is 35.8 Å². The van der Waals surface area contributed by atoms with E-state index in [0.29, 0.717) is 31.4 Å². The highest BCUT2D eigenvalue weighted by Crippen LogP contribution is 2.41. The van der Waals surface area contributed by atoms with Gasteiger partial charge >= 0.3 is 5.97 Å². The highest BCUT2D eigenvalue weighted by molar-refractivity contribution is 5.97. The molecule has 2 aliphatic carbocycles. The number of imidazole rings is 1. The van der Waals surface area contributed by atoms with Gasteiger partial charge in [0.15, 0.2) is 5.65 Å². The highest BCUT2D eigenvalue weighted by atomic mass is 16.5. The van der Waals surface area contributed by atoms with Gasteiger partial charge in [0, 0.05) is 23.5 Å². The lowest BCUT2D eigenvalue weighted by molar-refractivity contribution is -0.144. The molecule has 3 aromatic heterocycles. The Morgan fingerprint density at radius 2 is 1.88 bits per heavy atom. The number of hydrogen-bond donors (Lipinski definition) is 0. The fraction of sp³-hybridized carbons (Fsp3) is 0.333. The predicted molar refractivity (Wildman–Crippen MR) is 158 cm³/mol. The molecule has 0 spiro atoms. The van der Waals surface area contributed by atoms with E-state index in [-0.39, 0.29) is 11.9 Å². The monoisotopic (exact) mass is 547 g/mol. The Morgan fingerprint density at radius 1 is 1.02 bits per heavy atom. The molecule has 1 fully saturated rings. The van der Waals surface area contributed by atoms with Gasteiger partial charge in [0.1, 0.15) is 12.9 Å². The minimum atomic E-state index is -0.188. The minimum absolute atomic E-state index is 0.184. The van der Waals surface area contributed by atoms with E-state index < -0.39 is 0 Å². The Balaban J connectivity index is 1.30. The first-order valence-corrected chi connectivity index (χ1v) is 14.5. The summed E-state index contributed by atoms with van der Waals surface area (Å²) in [5.74, 6) is 0.153. The number of ether oxygens (including phenoxy) is 2. The van der Waals surface area contributed by atoms with Crippen molar-refractivity contribution in [2.75, 3.05) is 7.11 Å². The molecule has 0 saturated heterocycles. The summed E-state index contributed by atoms with van der Waals surface area (Å²) in [5, 5.41) is 0.841. The molecule has 5 aromatic rings. The van der Waals surface area contributed by atoms with E-state index in [1.54, 1.807) is 6.33 Å². The molecule has 1 saturated carbocycles. The zero-order valence-corrected chi connectivity index (χ0v) is 23.2. The van der Waals surface area contributed by atoms with Crippen LogP contribution in [0.4, 0.5) is 0 Å². The van der Waals surface area contributed by atoms with Crippen LogP contribution in [0.5, 0.6) is 5.88 Å². The van der Waals surface area contributed by atoms with Gasteiger partial charge in [0.2, 0.25) is 5.88 Å². The summed E-state index contributed by atoms with van der Waals surface area (Å²) in [7, 11) is 1.45. The summed E-state index contributed by atoms with van der Waals surface area (Å²) in [6, 6.07) is 17.0. The summed E-state index contributed by atoms with van der Waals surface area (Å²) in [4.78, 5) is 26.4. The molecule has 2 aliphatic rings. The largest absolute Gasteiger partial charge is 0.472 e. The van der Waals surface area contributed by atoms with Crippen LogP contribution in [0, 0.1) is 5.92 Å². The number of allylic oxidation sites excluding steroid dienone is 2. The molecule has 0 N–H and O–H groups in total. The lowest BCUT2D eigenvalue weighted by atomic mass is 9.95. The molecule has 3 heterocycles. The summed E-state index contributed by atoms with van der Waals surface area (Å²) in [6.07, 6.45) is 15.3. The van der Waals surface area contributed by atoms with E-state index in [2.05, 4.69) is 44.6 Å². The average Bonchev–Trinajstić information content (AvgIpc) is 3.77. The van der Waals surface area contributed by atoms with Gasteiger partial charge in [-0.2, -0.15) is 0 Å². The SMILES string of the molecule is COC(=O)C1CC=C(c2cn(-c3ccc4c(c3)ncn4C3CCCCC3)c3ncnc(OCc4ccccc4)c23)C1. The third-order valence-corrected chi connectivity index (χ3v) is 8.57. The molecule has 1 atom stereocenters. The Kier molecular flexibility index (Phi) is 6.74. The number of aromatic nitrogens is 5. The van der Waals surface area contributed by atoms with Crippen molar-refractivity contribution in [1.29, 1.82) is 0 Å². The number of rotatable bonds is 7. The molecule has 208 valence electrons. The number of carbonyl (C=O) groups is 1. The molecule has 8 heteroatoms. The maximum Gasteiger partial charge on any atom is 0.309 e. The van der Waals surface area contributed by atoms with Crippen LogP contribution in [0.15, 0.2) is 73.5 Å². The molecule has 0 radical (unpaired) electrons. The molecular formula is C33H33N5O3. The summed E-state index contributed by atoms with van der Waals surface area (Å²) in [5.41, 5.74) is 6.97. The number of methoxy groups -OCH3 is 1. The zero-order chi connectivity index (χ0) is 27.8. The van der Waals surface area contributed by atoms with Crippen molar-refractivity contribution in [3.8, 4) is 11.6 Å². The van der Waals surface area contributed by atoms with Gasteiger partial charge in [0.25, 0.3) is 0 Å². The molecule has 1 unspecified atom stereocenters. The maximum absolute atomic E-state index is 12.3. The Morgan fingerprint density at radius 3 is 2.71 bits per heavy atom. The second-order valence-electron chi connectivity index (χ2n) is 11.1. The van der Waals surface area contributed by atoms with Gasteiger partial charge in [-0.3, -0.25) is 4.79 Å². The number of fused-ring (bicyclic) bond motifs is 2. The molecule has 0 bridgehead atoms. The van der Waals surface area contributed by atoms with Crippen molar-refractivity contribution < 1.29 is 14.3 Å². The van der Waals surface area contributed by atoms with Crippen LogP contribution in [0.3, 0.4) is 0 Å². The highest BCUT2D eigenvalue weighted by Gasteiger charge is 2.29. The summed E-state index contributed by atoms with van der Waals surface area (Å²) >= 11 is 0. The van der Waals surface area contributed by atoms with Gasteiger partial charge < -0.3 is 18.6 Å². The Hall–Kier alpha value is -4.46. The van der Waals surface area contributed by atoms with E-state index in [4.69, 9.17) is 19.4 Å². The summed E-state index contributed by atoms with van der Waals surface area (Å²) in [6.45, 7) is 0.395. The smallest absolute Gasteiger partial charge is 0.309 e. The van der Waals surface area contributed by atoms with E-state index in [1.165, 1.54) is 44.7 Å². The van der Waals surface area contributed by atoms with Crippen LogP contribution in [0.2, 0.25) is 0 Å². The second kappa shape index (κ2) is 10.8. The van der Waals surface area contributed by atoms with Gasteiger partial charge in [-0.25, -0.2) is 15.0 Å². The molecule has 8 nitrogen and oxygen atoms in total. The van der Waals surface area contributed by atoms with Crippen molar-refractivity contribution in [3.63, 3.8) is 0 Å². The minimum Gasteiger partial charge on any atom is -0.472 e. The lowest BCUT2D eigenvalue weighted by Crippen LogP contribution is -2.12. The first-order chi connectivity index (χ1) is 20.2. The third kappa shape index (κ3) is 4.77. The van der Waals surface area contributed by atoms with Crippen molar-refractivity contribution in [1.82, 2.24) is 24.1 Å². The van der Waals surface area contributed by atoms with Crippen molar-refractivity contribution >= 4 is 33.6 Å². The summed E-state index contributed by atoms with van der Waals surface area (Å²) < 4.78 is 15.8. The first-order valence-electron chi connectivity index (χ1n) is 14.5. The van der Waals surface area contributed by atoms with Gasteiger partial charge in [-0.1, -0.05) is 55.7 Å². The van der Waals surface area contributed by atoms with E-state index >= 15 is 0 Å². The molecular weight excluding hydrogens is 514 g/mol. The number of nitrogens with zero attached hydrogens (tertiary/aromatic N) is 5. The Labute approximate surface area is 238 Å². The number of hydrogen-bond acceptors (Lipinski definition) is 6. The molecule has 41 heavy (non-hydrogen) atoms. The second-order valence-corrected chi connectivity index (χ2v) is 11.1. The van der Waals surface area contributed by atoms with Crippen molar-refractivity contribution in [2.24, 2.45) is 5.92 Å². The van der Waals surface area contributed by atoms with Crippen molar-refractivity contribution in [3.05, 3.63) is 84.6 Å².